The second-order valence-corrected chi connectivity index (χ2v) is 12.2. The number of aromatic carboxylic acids is 1. The van der Waals surface area contributed by atoms with E-state index in [1.54, 1.807) is 18.2 Å². The summed E-state index contributed by atoms with van der Waals surface area (Å²) in [6.07, 6.45) is 7.79. The molecule has 0 radical (unpaired) electrons. The van der Waals surface area contributed by atoms with Crippen molar-refractivity contribution in [1.29, 1.82) is 0 Å². The Morgan fingerprint density at radius 1 is 1.03 bits per heavy atom. The Balaban J connectivity index is 1.18. The van der Waals surface area contributed by atoms with Gasteiger partial charge in [-0.25, -0.2) is 13.6 Å². The summed E-state index contributed by atoms with van der Waals surface area (Å²) in [5.41, 5.74) is -0.0329. The fourth-order valence-corrected chi connectivity index (χ4v) is 6.97. The molecule has 1 amide bonds. The molecule has 1 spiro atoms. The number of hydrogen-bond acceptors (Lipinski definition) is 4. The molecule has 208 valence electrons. The predicted octanol–water partition coefficient (Wildman–Crippen LogP) is 5.75. The fraction of sp³-hybridized carbons (Fsp3) is 0.548. The van der Waals surface area contributed by atoms with Crippen LogP contribution in [0.3, 0.4) is 0 Å². The van der Waals surface area contributed by atoms with E-state index in [0.717, 1.165) is 45.1 Å². The zero-order valence-corrected chi connectivity index (χ0v) is 22.1. The highest BCUT2D eigenvalue weighted by Crippen LogP contribution is 2.49. The molecule has 1 saturated heterocycles. The molecule has 6 nitrogen and oxygen atoms in total. The Hall–Kier alpha value is -3.00. The predicted molar refractivity (Wildman–Crippen MR) is 143 cm³/mol. The number of carboxylic acids is 1. The summed E-state index contributed by atoms with van der Waals surface area (Å²) >= 11 is 0. The molecule has 4 aliphatic rings. The molecular weight excluding hydrogens is 502 g/mol. The number of piperidine rings is 1. The standard InChI is InChI=1S/C31H36F2N2O4/c32-25-7-2-6-23(27(25)19-4-1-5-19)24-14-20(28(36)37)8-11-26(24)39-22-10-9-21(15-22)35-29(38)31(33)16-30(12-3-13-30)17-34-18-31/h2,6-8,11,14,19,21-22,34H,1,3-5,9-10,12-13,15-18H2,(H,35,38)(H,36,37)/t21-,22-,31+/m1/s1. The lowest BCUT2D eigenvalue weighted by Gasteiger charge is -2.49. The van der Waals surface area contributed by atoms with Crippen molar-refractivity contribution >= 4 is 11.9 Å². The summed E-state index contributed by atoms with van der Waals surface area (Å²) in [4.78, 5) is 24.8. The largest absolute Gasteiger partial charge is 0.490 e. The first-order valence-corrected chi connectivity index (χ1v) is 14.3. The molecule has 4 fully saturated rings. The summed E-state index contributed by atoms with van der Waals surface area (Å²) in [6, 6.07) is 9.43. The van der Waals surface area contributed by atoms with Gasteiger partial charge in [0, 0.05) is 31.1 Å². The van der Waals surface area contributed by atoms with Gasteiger partial charge in [0.1, 0.15) is 17.7 Å². The lowest BCUT2D eigenvalue weighted by molar-refractivity contribution is -0.139. The van der Waals surface area contributed by atoms with Crippen molar-refractivity contribution in [3.05, 3.63) is 53.3 Å². The van der Waals surface area contributed by atoms with Crippen molar-refractivity contribution in [2.75, 3.05) is 13.1 Å². The average Bonchev–Trinajstić information content (AvgIpc) is 3.30. The minimum atomic E-state index is -1.90. The quantitative estimate of drug-likeness (QED) is 0.418. The molecule has 0 unspecified atom stereocenters. The Morgan fingerprint density at radius 3 is 2.54 bits per heavy atom. The minimum absolute atomic E-state index is 0.0451. The van der Waals surface area contributed by atoms with Crippen molar-refractivity contribution in [2.45, 2.75) is 87.9 Å². The molecule has 3 N–H and O–H groups in total. The van der Waals surface area contributed by atoms with Crippen LogP contribution in [0.5, 0.6) is 5.75 Å². The second kappa shape index (κ2) is 10.2. The van der Waals surface area contributed by atoms with Crippen LogP contribution in [0.2, 0.25) is 0 Å². The Labute approximate surface area is 227 Å². The molecule has 1 aliphatic heterocycles. The van der Waals surface area contributed by atoms with E-state index < -0.39 is 17.5 Å². The zero-order chi connectivity index (χ0) is 27.2. The third-order valence-corrected chi connectivity index (χ3v) is 9.48. The number of carboxylic acid groups (broad SMARTS) is 1. The number of carbonyl (C=O) groups is 2. The number of nitrogens with one attached hydrogen (secondary N) is 2. The van der Waals surface area contributed by atoms with Crippen LogP contribution in [0.15, 0.2) is 36.4 Å². The van der Waals surface area contributed by atoms with Crippen LogP contribution in [0, 0.1) is 11.2 Å². The van der Waals surface area contributed by atoms with E-state index in [1.165, 1.54) is 12.1 Å². The van der Waals surface area contributed by atoms with Crippen molar-refractivity contribution in [1.82, 2.24) is 10.6 Å². The fourth-order valence-electron chi connectivity index (χ4n) is 6.97. The Bertz CT molecular complexity index is 1280. The van der Waals surface area contributed by atoms with Gasteiger partial charge in [0.15, 0.2) is 0 Å². The van der Waals surface area contributed by atoms with E-state index in [9.17, 15) is 14.7 Å². The number of amides is 1. The van der Waals surface area contributed by atoms with E-state index in [2.05, 4.69) is 10.6 Å². The summed E-state index contributed by atoms with van der Waals surface area (Å²) in [5, 5.41) is 15.7. The highest BCUT2D eigenvalue weighted by Gasteiger charge is 2.52. The Morgan fingerprint density at radius 2 is 1.85 bits per heavy atom. The Kier molecular flexibility index (Phi) is 6.86. The first-order chi connectivity index (χ1) is 18.8. The molecule has 2 aromatic rings. The van der Waals surface area contributed by atoms with Gasteiger partial charge in [0.2, 0.25) is 5.67 Å². The van der Waals surface area contributed by atoms with Crippen molar-refractivity contribution in [3.63, 3.8) is 0 Å². The highest BCUT2D eigenvalue weighted by molar-refractivity contribution is 5.91. The van der Waals surface area contributed by atoms with Crippen LogP contribution in [-0.2, 0) is 4.79 Å². The minimum Gasteiger partial charge on any atom is -0.490 e. The maximum atomic E-state index is 15.7. The molecule has 2 aromatic carbocycles. The van der Waals surface area contributed by atoms with Crippen molar-refractivity contribution in [3.8, 4) is 16.9 Å². The van der Waals surface area contributed by atoms with Gasteiger partial charge in [-0.15, -0.1) is 0 Å². The van der Waals surface area contributed by atoms with Crippen LogP contribution < -0.4 is 15.4 Å². The molecule has 3 atom stereocenters. The number of ether oxygens (including phenoxy) is 1. The van der Waals surface area contributed by atoms with Crippen molar-refractivity contribution < 1.29 is 28.2 Å². The van der Waals surface area contributed by atoms with Gasteiger partial charge < -0.3 is 20.5 Å². The third kappa shape index (κ3) is 5.04. The van der Waals surface area contributed by atoms with Gasteiger partial charge in [-0.3, -0.25) is 4.79 Å². The molecule has 8 heteroatoms. The molecule has 1 heterocycles. The number of halogens is 2. The van der Waals surface area contributed by atoms with E-state index in [1.807, 2.05) is 6.07 Å². The zero-order valence-electron chi connectivity index (χ0n) is 22.1. The van der Waals surface area contributed by atoms with Crippen molar-refractivity contribution in [2.24, 2.45) is 5.41 Å². The lowest BCUT2D eigenvalue weighted by Crippen LogP contribution is -2.61. The number of carbonyl (C=O) groups excluding carboxylic acids is 1. The summed E-state index contributed by atoms with van der Waals surface area (Å²) in [7, 11) is 0. The molecule has 6 rings (SSSR count). The monoisotopic (exact) mass is 538 g/mol. The molecule has 0 bridgehead atoms. The van der Waals surface area contributed by atoms with E-state index in [-0.39, 0.29) is 47.8 Å². The van der Waals surface area contributed by atoms with Gasteiger partial charge in [0.05, 0.1) is 5.56 Å². The maximum absolute atomic E-state index is 15.7. The lowest BCUT2D eigenvalue weighted by atomic mass is 9.61. The van der Waals surface area contributed by atoms with Gasteiger partial charge in [0.25, 0.3) is 5.91 Å². The third-order valence-electron chi connectivity index (χ3n) is 9.48. The number of benzene rings is 2. The summed E-state index contributed by atoms with van der Waals surface area (Å²) in [6.45, 7) is 0.825. The number of alkyl halides is 1. The average molecular weight is 539 g/mol. The highest BCUT2D eigenvalue weighted by atomic mass is 19.1. The van der Waals surface area contributed by atoms with Gasteiger partial charge in [-0.1, -0.05) is 25.0 Å². The van der Waals surface area contributed by atoms with Crippen LogP contribution in [-0.4, -0.2) is 47.9 Å². The molecule has 39 heavy (non-hydrogen) atoms. The summed E-state index contributed by atoms with van der Waals surface area (Å²) in [5.74, 6) is -1.28. The number of hydrogen-bond donors (Lipinski definition) is 3. The molecule has 3 aliphatic carbocycles. The normalized spacial score (nSPS) is 27.9. The second-order valence-electron chi connectivity index (χ2n) is 12.2. The van der Waals surface area contributed by atoms with Crippen LogP contribution in [0.25, 0.3) is 11.1 Å². The van der Waals surface area contributed by atoms with E-state index in [4.69, 9.17) is 4.74 Å². The summed E-state index contributed by atoms with van der Waals surface area (Å²) < 4.78 is 37.1. The van der Waals surface area contributed by atoms with Crippen LogP contribution in [0.4, 0.5) is 8.78 Å². The topological polar surface area (TPSA) is 87.7 Å². The van der Waals surface area contributed by atoms with Gasteiger partial charge in [-0.2, -0.15) is 0 Å². The molecule has 0 aromatic heterocycles. The first kappa shape index (κ1) is 26.2. The van der Waals surface area contributed by atoms with Gasteiger partial charge in [-0.05, 0) is 91.7 Å². The maximum Gasteiger partial charge on any atom is 0.335 e. The smallest absolute Gasteiger partial charge is 0.335 e. The first-order valence-electron chi connectivity index (χ1n) is 14.3. The SMILES string of the molecule is O=C(O)c1ccc(O[C@@H]2CC[C@@H](NC(=O)[C@@]3(F)CNCC4(CCC4)C3)C2)c(-c2cccc(F)c2C2CCC2)c1. The van der Waals surface area contributed by atoms with Crippen LogP contribution >= 0.6 is 0 Å². The molecular formula is C31H36F2N2O4. The van der Waals surface area contributed by atoms with Crippen LogP contribution in [0.1, 0.15) is 86.0 Å². The molecule has 3 saturated carbocycles. The van der Waals surface area contributed by atoms with E-state index in [0.29, 0.717) is 41.7 Å². The van der Waals surface area contributed by atoms with E-state index >= 15 is 8.78 Å². The van der Waals surface area contributed by atoms with Gasteiger partial charge >= 0.3 is 5.97 Å². The number of rotatable bonds is 7.